The zero-order chi connectivity index (χ0) is 17.1. The van der Waals surface area contributed by atoms with Gasteiger partial charge < -0.3 is 21.1 Å². The van der Waals surface area contributed by atoms with Crippen molar-refractivity contribution in [1.29, 1.82) is 0 Å². The van der Waals surface area contributed by atoms with Crippen LogP contribution in [0.1, 0.15) is 12.0 Å². The summed E-state index contributed by atoms with van der Waals surface area (Å²) in [7, 11) is 0. The van der Waals surface area contributed by atoms with Gasteiger partial charge in [-0.3, -0.25) is 4.98 Å². The molecule has 0 unspecified atom stereocenters. The summed E-state index contributed by atoms with van der Waals surface area (Å²) < 4.78 is 2.22. The molecule has 0 saturated heterocycles. The van der Waals surface area contributed by atoms with Gasteiger partial charge in [-0.2, -0.15) is 0 Å². The predicted molar refractivity (Wildman–Crippen MR) is 128 cm³/mol. The number of halogens is 3. The summed E-state index contributed by atoms with van der Waals surface area (Å²) in [6, 6.07) is 18.6. The highest BCUT2D eigenvalue weighted by molar-refractivity contribution is 5.86. The molecule has 9 heteroatoms. The van der Waals surface area contributed by atoms with Crippen LogP contribution in [0.3, 0.4) is 0 Å². The highest BCUT2D eigenvalue weighted by atomic mass is 35.5. The van der Waals surface area contributed by atoms with Gasteiger partial charge in [-0.25, -0.2) is 4.98 Å². The minimum atomic E-state index is 0. The number of hydrogen-bond donors (Lipinski definition) is 2. The maximum absolute atomic E-state index is 5.62. The van der Waals surface area contributed by atoms with Crippen LogP contribution in [0.2, 0.25) is 0 Å². The molecule has 4 aromatic rings. The lowest BCUT2D eigenvalue weighted by Gasteiger charge is -2.12. The first-order chi connectivity index (χ1) is 12.4. The maximum Gasteiger partial charge on any atom is 0.204 e. The van der Waals surface area contributed by atoms with Gasteiger partial charge >= 0.3 is 0 Å². The molecule has 2 aromatic carbocycles. The summed E-state index contributed by atoms with van der Waals surface area (Å²) >= 11 is 0. The summed E-state index contributed by atoms with van der Waals surface area (Å²) in [5.74, 6) is 0.877. The number of rotatable bonds is 6. The Kier molecular flexibility index (Phi) is 11.6. The molecule has 5 N–H and O–H groups in total. The molecule has 0 aliphatic rings. The Bertz CT molecular complexity index is 1020. The largest absolute Gasteiger partial charge is 0.412 e. The minimum absolute atomic E-state index is 0. The van der Waals surface area contributed by atoms with Gasteiger partial charge in [-0.05, 0) is 36.7 Å². The van der Waals surface area contributed by atoms with Crippen LogP contribution in [0.25, 0.3) is 21.9 Å². The Morgan fingerprint density at radius 3 is 2.48 bits per heavy atom. The second-order valence-electron chi connectivity index (χ2n) is 6.07. The fraction of sp³-hybridized carbons (Fsp3) is 0.200. The monoisotopic (exact) mass is 457 g/mol. The molecule has 0 fully saturated rings. The first-order valence-corrected chi connectivity index (χ1v) is 8.58. The zero-order valence-corrected chi connectivity index (χ0v) is 18.2. The number of aromatic nitrogens is 3. The van der Waals surface area contributed by atoms with Crippen molar-refractivity contribution in [1.82, 2.24) is 14.5 Å². The van der Waals surface area contributed by atoms with Gasteiger partial charge in [-0.1, -0.05) is 36.4 Å². The van der Waals surface area contributed by atoms with E-state index in [4.69, 9.17) is 10.7 Å². The molecule has 6 nitrogen and oxygen atoms in total. The zero-order valence-electron chi connectivity index (χ0n) is 15.7. The molecule has 0 radical (unpaired) electrons. The number of anilines is 1. The van der Waals surface area contributed by atoms with Gasteiger partial charge in [0.25, 0.3) is 0 Å². The van der Waals surface area contributed by atoms with E-state index in [2.05, 4.69) is 45.2 Å². The second kappa shape index (κ2) is 12.5. The molecule has 2 aromatic heterocycles. The Balaban J connectivity index is 0.00000196. The van der Waals surface area contributed by atoms with Crippen molar-refractivity contribution in [3.63, 3.8) is 0 Å². The maximum atomic E-state index is 5.62. The molecule has 4 rings (SSSR count). The number of benzene rings is 2. The van der Waals surface area contributed by atoms with Crippen molar-refractivity contribution in [3.05, 3.63) is 66.4 Å². The van der Waals surface area contributed by atoms with Gasteiger partial charge in [0.2, 0.25) is 5.95 Å². The Hall–Kier alpha value is -2.09. The van der Waals surface area contributed by atoms with E-state index in [1.54, 1.807) is 0 Å². The van der Waals surface area contributed by atoms with E-state index >= 15 is 0 Å². The summed E-state index contributed by atoms with van der Waals surface area (Å²) in [5.41, 5.74) is 9.95. The van der Waals surface area contributed by atoms with Crippen molar-refractivity contribution >= 4 is 65.1 Å². The molecule has 2 heterocycles. The molecule has 158 valence electrons. The fourth-order valence-corrected chi connectivity index (χ4v) is 3.14. The number of para-hydroxylation sites is 3. The van der Waals surface area contributed by atoms with E-state index < -0.39 is 0 Å². The summed E-state index contributed by atoms with van der Waals surface area (Å²) in [6.45, 7) is 2.20. The third kappa shape index (κ3) is 5.72. The van der Waals surface area contributed by atoms with Gasteiger partial charge in [0.05, 0.1) is 23.1 Å². The number of nitrogens with zero attached hydrogens (tertiary/aromatic N) is 3. The van der Waals surface area contributed by atoms with Crippen LogP contribution in [0.4, 0.5) is 5.95 Å². The molecule has 0 aliphatic heterocycles. The van der Waals surface area contributed by atoms with Crippen LogP contribution in [-0.2, 0) is 6.54 Å². The third-order valence-corrected chi connectivity index (χ3v) is 4.36. The van der Waals surface area contributed by atoms with Crippen molar-refractivity contribution < 1.29 is 5.48 Å². The van der Waals surface area contributed by atoms with Gasteiger partial charge in [0.1, 0.15) is 0 Å². The van der Waals surface area contributed by atoms with Gasteiger partial charge in [0.15, 0.2) is 0 Å². The van der Waals surface area contributed by atoms with Gasteiger partial charge in [-0.15, -0.1) is 37.2 Å². The minimum Gasteiger partial charge on any atom is -0.412 e. The van der Waals surface area contributed by atoms with E-state index in [1.165, 1.54) is 5.56 Å². The number of pyridine rings is 1. The molecule has 0 amide bonds. The van der Waals surface area contributed by atoms with Gasteiger partial charge in [0, 0.05) is 18.1 Å². The molecular weight excluding hydrogens is 433 g/mol. The number of fused-ring (bicyclic) bond motifs is 2. The van der Waals surface area contributed by atoms with Crippen molar-refractivity contribution in [2.75, 3.05) is 18.4 Å². The molecule has 0 saturated carbocycles. The van der Waals surface area contributed by atoms with Crippen LogP contribution < -0.4 is 11.1 Å². The van der Waals surface area contributed by atoms with Crippen molar-refractivity contribution in [2.24, 2.45) is 5.73 Å². The van der Waals surface area contributed by atoms with Crippen LogP contribution in [0.5, 0.6) is 0 Å². The summed E-state index contributed by atoms with van der Waals surface area (Å²) in [4.78, 5) is 9.33. The quantitative estimate of drug-likeness (QED) is 0.429. The van der Waals surface area contributed by atoms with Crippen LogP contribution in [0, 0.1) is 0 Å². The van der Waals surface area contributed by atoms with E-state index in [-0.39, 0.29) is 42.7 Å². The Labute approximate surface area is 188 Å². The first kappa shape index (κ1) is 26.9. The average molecular weight is 459 g/mol. The lowest BCUT2D eigenvalue weighted by atomic mass is 10.1. The van der Waals surface area contributed by atoms with Crippen LogP contribution >= 0.6 is 37.2 Å². The number of nitrogens with two attached hydrogens (primary N) is 1. The number of nitrogens with one attached hydrogen (secondary N) is 1. The van der Waals surface area contributed by atoms with Crippen LogP contribution in [-0.4, -0.2) is 33.1 Å². The number of imidazole rings is 1. The predicted octanol–water partition coefficient (Wildman–Crippen LogP) is 3.83. The smallest absolute Gasteiger partial charge is 0.204 e. The fourth-order valence-electron chi connectivity index (χ4n) is 3.14. The standard InChI is InChI=1S/C20H21N5.3ClH.H2O/c21-11-5-13-23-20-24-17-9-1-2-10-18(17)25(20)14-16-7-3-6-15-8-4-12-22-19(15)16;;;;/h1-4,6-10,12H,5,11,13-14,21H2,(H,23,24);3*1H;1H2. The van der Waals surface area contributed by atoms with Crippen molar-refractivity contribution in [3.8, 4) is 0 Å². The van der Waals surface area contributed by atoms with E-state index in [9.17, 15) is 0 Å². The van der Waals surface area contributed by atoms with E-state index in [1.807, 2.05) is 30.5 Å². The molecule has 0 aliphatic carbocycles. The second-order valence-corrected chi connectivity index (χ2v) is 6.07. The summed E-state index contributed by atoms with van der Waals surface area (Å²) in [5, 5.41) is 4.58. The molecular formula is C20H26Cl3N5O. The topological polar surface area (TPSA) is 100 Å². The highest BCUT2D eigenvalue weighted by Gasteiger charge is 2.12. The molecule has 0 bridgehead atoms. The normalized spacial score (nSPS) is 9.69. The van der Waals surface area contributed by atoms with E-state index in [0.717, 1.165) is 47.4 Å². The lowest BCUT2D eigenvalue weighted by molar-refractivity contribution is 0.806. The summed E-state index contributed by atoms with van der Waals surface area (Å²) in [6.07, 6.45) is 2.76. The van der Waals surface area contributed by atoms with Crippen LogP contribution in [0.15, 0.2) is 60.8 Å². The Morgan fingerprint density at radius 2 is 1.69 bits per heavy atom. The third-order valence-electron chi connectivity index (χ3n) is 4.36. The van der Waals surface area contributed by atoms with E-state index in [0.29, 0.717) is 6.54 Å². The number of hydrogen-bond acceptors (Lipinski definition) is 4. The highest BCUT2D eigenvalue weighted by Crippen LogP contribution is 2.24. The SMILES string of the molecule is Cl.Cl.Cl.NCCCNc1nc2ccccc2n1Cc1cccc2cccnc12.O. The molecule has 0 spiro atoms. The lowest BCUT2D eigenvalue weighted by Crippen LogP contribution is -2.13. The average Bonchev–Trinajstić information content (AvgIpc) is 3.00. The van der Waals surface area contributed by atoms with Crippen molar-refractivity contribution in [2.45, 2.75) is 13.0 Å². The molecule has 29 heavy (non-hydrogen) atoms. The Morgan fingerprint density at radius 1 is 0.931 bits per heavy atom. The first-order valence-electron chi connectivity index (χ1n) is 8.58. The molecule has 0 atom stereocenters.